The van der Waals surface area contributed by atoms with Gasteiger partial charge in [0, 0.05) is 44.2 Å². The normalized spacial score (nSPS) is 26.9. The van der Waals surface area contributed by atoms with Crippen LogP contribution in [0.1, 0.15) is 40.7 Å². The first-order valence-corrected chi connectivity index (χ1v) is 8.76. The summed E-state index contributed by atoms with van der Waals surface area (Å²) in [6.45, 7) is 3.04. The van der Waals surface area contributed by atoms with Crippen LogP contribution in [-0.4, -0.2) is 52.7 Å². The highest BCUT2D eigenvalue weighted by Crippen LogP contribution is 2.30. The maximum absolute atomic E-state index is 12.8. The highest BCUT2D eigenvalue weighted by molar-refractivity contribution is 6.05. The lowest BCUT2D eigenvalue weighted by atomic mass is 10.0. The molecule has 0 radical (unpaired) electrons. The average Bonchev–Trinajstić information content (AvgIpc) is 3.13. The predicted octanol–water partition coefficient (Wildman–Crippen LogP) is -0.0194. The van der Waals surface area contributed by atoms with Crippen molar-refractivity contribution in [3.05, 3.63) is 34.9 Å². The average molecular weight is 342 g/mol. The van der Waals surface area contributed by atoms with Gasteiger partial charge >= 0.3 is 0 Å². The van der Waals surface area contributed by atoms with Crippen LogP contribution in [0, 0.1) is 0 Å². The number of imide groups is 1. The minimum absolute atomic E-state index is 0.121. The van der Waals surface area contributed by atoms with Crippen LogP contribution in [0.5, 0.6) is 0 Å². The van der Waals surface area contributed by atoms with Crippen molar-refractivity contribution < 1.29 is 14.4 Å². The molecule has 0 spiro atoms. The zero-order valence-corrected chi connectivity index (χ0v) is 14.0. The number of nitrogens with two attached hydrogens (primary N) is 1. The molecule has 0 bridgehead atoms. The highest BCUT2D eigenvalue weighted by atomic mass is 16.2. The van der Waals surface area contributed by atoms with Gasteiger partial charge in [0.05, 0.1) is 0 Å². The smallest absolute Gasteiger partial charge is 0.255 e. The molecular formula is C18H22N4O3. The van der Waals surface area contributed by atoms with Gasteiger partial charge in [-0.1, -0.05) is 12.1 Å². The molecule has 3 N–H and O–H groups in total. The summed E-state index contributed by atoms with van der Waals surface area (Å²) < 4.78 is 0. The van der Waals surface area contributed by atoms with Crippen LogP contribution in [-0.2, 0) is 22.7 Å². The molecule has 2 saturated heterocycles. The van der Waals surface area contributed by atoms with Crippen molar-refractivity contribution in [1.29, 1.82) is 0 Å². The van der Waals surface area contributed by atoms with Gasteiger partial charge in [0.15, 0.2) is 0 Å². The van der Waals surface area contributed by atoms with Gasteiger partial charge in [-0.2, -0.15) is 0 Å². The second kappa shape index (κ2) is 6.24. The van der Waals surface area contributed by atoms with Gasteiger partial charge in [0.1, 0.15) is 6.04 Å². The van der Waals surface area contributed by atoms with Crippen LogP contribution >= 0.6 is 0 Å². The van der Waals surface area contributed by atoms with Crippen molar-refractivity contribution >= 4 is 17.7 Å². The molecule has 7 nitrogen and oxygen atoms in total. The third-order valence-corrected chi connectivity index (χ3v) is 5.38. The molecule has 132 valence electrons. The number of carbonyl (C=O) groups is 3. The molecule has 0 saturated carbocycles. The van der Waals surface area contributed by atoms with E-state index in [1.54, 1.807) is 4.90 Å². The lowest BCUT2D eigenvalue weighted by molar-refractivity contribution is -0.136. The number of benzene rings is 1. The second-order valence-electron chi connectivity index (χ2n) is 7.13. The molecule has 1 unspecified atom stereocenters. The Morgan fingerprint density at radius 2 is 2.04 bits per heavy atom. The number of piperidine rings is 1. The maximum atomic E-state index is 12.8. The molecule has 2 fully saturated rings. The fourth-order valence-electron chi connectivity index (χ4n) is 4.05. The molecule has 3 aliphatic heterocycles. The van der Waals surface area contributed by atoms with E-state index in [-0.39, 0.29) is 30.2 Å². The fourth-order valence-corrected chi connectivity index (χ4v) is 4.05. The van der Waals surface area contributed by atoms with Gasteiger partial charge in [-0.15, -0.1) is 0 Å². The quantitative estimate of drug-likeness (QED) is 0.753. The van der Waals surface area contributed by atoms with Crippen LogP contribution < -0.4 is 11.1 Å². The summed E-state index contributed by atoms with van der Waals surface area (Å²) in [6.07, 6.45) is 1.66. The van der Waals surface area contributed by atoms with E-state index < -0.39 is 6.04 Å². The minimum Gasteiger partial charge on any atom is -0.326 e. The van der Waals surface area contributed by atoms with Crippen molar-refractivity contribution in [3.8, 4) is 0 Å². The van der Waals surface area contributed by atoms with Gasteiger partial charge in [-0.05, 0) is 30.0 Å². The lowest BCUT2D eigenvalue weighted by Crippen LogP contribution is -2.52. The number of hydrogen-bond acceptors (Lipinski definition) is 5. The summed E-state index contributed by atoms with van der Waals surface area (Å²) in [6, 6.07) is 5.42. The highest BCUT2D eigenvalue weighted by Gasteiger charge is 2.39. The van der Waals surface area contributed by atoms with E-state index in [2.05, 4.69) is 10.2 Å². The number of amides is 3. The molecule has 3 amide bonds. The molecule has 2 atom stereocenters. The third kappa shape index (κ3) is 2.94. The standard InChI is InChI=1S/C18H22N4O3/c19-12-6-7-21(9-12)8-11-2-1-3-13-14(11)10-22(18(13)25)15-4-5-16(23)20-17(15)24/h1-3,12,15H,4-10,19H2,(H,20,23,24)/t12-,15?/m1/s1. The summed E-state index contributed by atoms with van der Waals surface area (Å²) in [4.78, 5) is 40.2. The van der Waals surface area contributed by atoms with Crippen LogP contribution in [0.25, 0.3) is 0 Å². The van der Waals surface area contributed by atoms with Crippen molar-refractivity contribution in [1.82, 2.24) is 15.1 Å². The lowest BCUT2D eigenvalue weighted by Gasteiger charge is -2.29. The Kier molecular flexibility index (Phi) is 4.05. The number of fused-ring (bicyclic) bond motifs is 1. The number of nitrogens with zero attached hydrogens (tertiary/aromatic N) is 2. The fraction of sp³-hybridized carbons (Fsp3) is 0.500. The summed E-state index contributed by atoms with van der Waals surface area (Å²) in [5.41, 5.74) is 8.77. The topological polar surface area (TPSA) is 95.7 Å². The molecule has 0 aromatic heterocycles. The predicted molar refractivity (Wildman–Crippen MR) is 90.4 cm³/mol. The SMILES string of the molecule is N[C@@H]1CCN(Cc2cccc3c2CN(C2CCC(=O)NC2=O)C3=O)C1. The molecular weight excluding hydrogens is 320 g/mol. The molecule has 4 rings (SSSR count). The van der Waals surface area contributed by atoms with Crippen LogP contribution in [0.2, 0.25) is 0 Å². The second-order valence-corrected chi connectivity index (χ2v) is 7.13. The monoisotopic (exact) mass is 342 g/mol. The third-order valence-electron chi connectivity index (χ3n) is 5.38. The van der Waals surface area contributed by atoms with Crippen LogP contribution in [0.15, 0.2) is 18.2 Å². The molecule has 25 heavy (non-hydrogen) atoms. The Hall–Kier alpha value is -2.25. The number of hydrogen-bond donors (Lipinski definition) is 2. The number of rotatable bonds is 3. The molecule has 1 aromatic carbocycles. The first kappa shape index (κ1) is 16.2. The van der Waals surface area contributed by atoms with E-state index in [1.807, 2.05) is 18.2 Å². The van der Waals surface area contributed by atoms with E-state index in [4.69, 9.17) is 5.73 Å². The Labute approximate surface area is 146 Å². The van der Waals surface area contributed by atoms with Gasteiger partial charge in [-0.3, -0.25) is 24.6 Å². The van der Waals surface area contributed by atoms with Crippen LogP contribution in [0.3, 0.4) is 0 Å². The Morgan fingerprint density at radius 3 is 2.76 bits per heavy atom. The largest absolute Gasteiger partial charge is 0.326 e. The molecule has 7 heteroatoms. The van der Waals surface area contributed by atoms with Gasteiger partial charge < -0.3 is 10.6 Å². The van der Waals surface area contributed by atoms with Crippen molar-refractivity contribution in [3.63, 3.8) is 0 Å². The summed E-state index contributed by atoms with van der Waals surface area (Å²) in [7, 11) is 0. The molecule has 1 aromatic rings. The van der Waals surface area contributed by atoms with Crippen LogP contribution in [0.4, 0.5) is 0 Å². The van der Waals surface area contributed by atoms with E-state index in [0.717, 1.165) is 37.2 Å². The molecule has 3 aliphatic rings. The number of carbonyl (C=O) groups excluding carboxylic acids is 3. The minimum atomic E-state index is -0.564. The van der Waals surface area contributed by atoms with Crippen molar-refractivity contribution in [2.24, 2.45) is 5.73 Å². The number of nitrogens with one attached hydrogen (secondary N) is 1. The van der Waals surface area contributed by atoms with Gasteiger partial charge in [0.2, 0.25) is 11.8 Å². The first-order chi connectivity index (χ1) is 12.0. The first-order valence-electron chi connectivity index (χ1n) is 8.76. The Balaban J connectivity index is 1.55. The van der Waals surface area contributed by atoms with E-state index >= 15 is 0 Å². The van der Waals surface area contributed by atoms with Gasteiger partial charge in [-0.25, -0.2) is 0 Å². The van der Waals surface area contributed by atoms with E-state index in [0.29, 0.717) is 18.5 Å². The van der Waals surface area contributed by atoms with Crippen molar-refractivity contribution in [2.45, 2.75) is 44.4 Å². The van der Waals surface area contributed by atoms with E-state index in [9.17, 15) is 14.4 Å². The Bertz CT molecular complexity index is 748. The summed E-state index contributed by atoms with van der Waals surface area (Å²) in [5, 5.41) is 2.34. The van der Waals surface area contributed by atoms with Crippen molar-refractivity contribution in [2.75, 3.05) is 13.1 Å². The summed E-state index contributed by atoms with van der Waals surface area (Å²) >= 11 is 0. The zero-order chi connectivity index (χ0) is 17.6. The number of likely N-dealkylation sites (tertiary alicyclic amines) is 1. The zero-order valence-electron chi connectivity index (χ0n) is 14.0. The maximum Gasteiger partial charge on any atom is 0.255 e. The Morgan fingerprint density at radius 1 is 1.20 bits per heavy atom. The van der Waals surface area contributed by atoms with E-state index in [1.165, 1.54) is 0 Å². The molecule has 3 heterocycles. The summed E-state index contributed by atoms with van der Waals surface area (Å²) in [5.74, 6) is -0.759. The molecule has 0 aliphatic carbocycles. The van der Waals surface area contributed by atoms with Gasteiger partial charge in [0.25, 0.3) is 5.91 Å².